The second-order valence-electron chi connectivity index (χ2n) is 7.03. The molecule has 0 aromatic carbocycles. The zero-order chi connectivity index (χ0) is 21.3. The maximum atomic E-state index is 11.9. The van der Waals surface area contributed by atoms with E-state index in [0.717, 1.165) is 47.2 Å². The molecule has 0 radical (unpaired) electrons. The minimum absolute atomic E-state index is 0.0189. The molecular weight excluding hydrogens is 461 g/mol. The number of amides is 2. The summed E-state index contributed by atoms with van der Waals surface area (Å²) in [5, 5.41) is 25.7. The highest BCUT2D eigenvalue weighted by Gasteiger charge is 2.29. The molecule has 8 nitrogen and oxygen atoms in total. The van der Waals surface area contributed by atoms with Gasteiger partial charge in [-0.1, -0.05) is 29.1 Å². The van der Waals surface area contributed by atoms with Crippen LogP contribution in [0.15, 0.2) is 0 Å². The van der Waals surface area contributed by atoms with Crippen molar-refractivity contribution < 1.29 is 9.59 Å². The molecule has 2 aromatic rings. The normalized spacial score (nSPS) is 18.9. The average Bonchev–Trinajstić information content (AvgIpc) is 3.40. The van der Waals surface area contributed by atoms with Crippen molar-refractivity contribution in [3.8, 4) is 0 Å². The van der Waals surface area contributed by atoms with E-state index in [4.69, 9.17) is 0 Å². The number of hydrogen-bond acceptors (Lipinski definition) is 10. The number of rotatable bonds is 10. The summed E-state index contributed by atoms with van der Waals surface area (Å²) in [5.74, 6) is 2.17. The Morgan fingerprint density at radius 3 is 1.77 bits per heavy atom. The Labute approximate surface area is 192 Å². The lowest BCUT2D eigenvalue weighted by molar-refractivity contribution is -0.116. The molecule has 1 aliphatic carbocycles. The highest BCUT2D eigenvalue weighted by atomic mass is 32.2. The molecule has 3 rings (SSSR count). The van der Waals surface area contributed by atoms with Crippen LogP contribution in [-0.4, -0.2) is 56.2 Å². The van der Waals surface area contributed by atoms with Crippen LogP contribution in [0.25, 0.3) is 0 Å². The Balaban J connectivity index is 1.56. The summed E-state index contributed by atoms with van der Waals surface area (Å²) in [5.41, 5.74) is 0. The van der Waals surface area contributed by atoms with Gasteiger partial charge >= 0.3 is 0 Å². The molecule has 2 atom stereocenters. The molecule has 2 aromatic heterocycles. The summed E-state index contributed by atoms with van der Waals surface area (Å²) in [6.45, 7) is 0. The molecule has 12 heteroatoms. The second kappa shape index (κ2) is 12.0. The van der Waals surface area contributed by atoms with Gasteiger partial charge in [-0.25, -0.2) is 0 Å². The number of hydrogen-bond donors (Lipinski definition) is 2. The third-order valence-corrected chi connectivity index (χ3v) is 8.04. The number of carbonyl (C=O) groups excluding carboxylic acids is 2. The summed E-state index contributed by atoms with van der Waals surface area (Å²) in [6, 6.07) is 0. The molecule has 2 heterocycles. The maximum Gasteiger partial charge on any atom is 0.227 e. The Morgan fingerprint density at radius 1 is 0.867 bits per heavy atom. The van der Waals surface area contributed by atoms with Crippen molar-refractivity contribution in [3.63, 3.8) is 0 Å². The van der Waals surface area contributed by atoms with E-state index in [1.165, 1.54) is 22.7 Å². The van der Waals surface area contributed by atoms with Gasteiger partial charge in [-0.3, -0.25) is 9.59 Å². The fourth-order valence-electron chi connectivity index (χ4n) is 3.29. The fourth-order valence-corrected chi connectivity index (χ4v) is 5.88. The van der Waals surface area contributed by atoms with Crippen LogP contribution < -0.4 is 10.6 Å². The van der Waals surface area contributed by atoms with Crippen LogP contribution in [0, 0.1) is 0 Å². The highest BCUT2D eigenvalue weighted by molar-refractivity contribution is 7.98. The standard InChI is InChI=1S/C18H26N6O2S4/c1-27-8-6-13(25)19-17-23-21-15(29-17)11-4-3-5-12(10-11)16-22-24-18(30-16)20-14(26)7-9-28-2/h11-12H,3-10H2,1-2H3,(H,19,23,25)(H,20,24,26)/t11-,12-/m0/s1. The van der Waals surface area contributed by atoms with Gasteiger partial charge in [-0.15, -0.1) is 20.4 Å². The molecular formula is C18H26N6O2S4. The molecule has 30 heavy (non-hydrogen) atoms. The molecule has 0 unspecified atom stereocenters. The van der Waals surface area contributed by atoms with Crippen LogP contribution in [0.5, 0.6) is 0 Å². The Bertz CT molecular complexity index is 776. The quantitative estimate of drug-likeness (QED) is 0.514. The van der Waals surface area contributed by atoms with Crippen LogP contribution >= 0.6 is 46.2 Å². The molecule has 2 N–H and O–H groups in total. The van der Waals surface area contributed by atoms with Crippen molar-refractivity contribution >= 4 is 68.3 Å². The minimum Gasteiger partial charge on any atom is -0.301 e. The first-order chi connectivity index (χ1) is 14.6. The SMILES string of the molecule is CSCCC(=O)Nc1nnc([C@H]2CCC[C@H](c3nnc(NC(=O)CCSC)s3)C2)s1. The van der Waals surface area contributed by atoms with Gasteiger partial charge in [0, 0.05) is 36.2 Å². The molecule has 0 spiro atoms. The number of nitrogens with one attached hydrogen (secondary N) is 2. The minimum atomic E-state index is -0.0189. The van der Waals surface area contributed by atoms with Crippen LogP contribution in [0.1, 0.15) is 60.4 Å². The van der Waals surface area contributed by atoms with Crippen molar-refractivity contribution in [2.75, 3.05) is 34.7 Å². The molecule has 0 bridgehead atoms. The lowest BCUT2D eigenvalue weighted by Gasteiger charge is -2.25. The summed E-state index contributed by atoms with van der Waals surface area (Å²) in [7, 11) is 0. The molecule has 0 aliphatic heterocycles. The number of nitrogens with zero attached hydrogens (tertiary/aromatic N) is 4. The van der Waals surface area contributed by atoms with Gasteiger partial charge in [0.25, 0.3) is 0 Å². The summed E-state index contributed by atoms with van der Waals surface area (Å²) >= 11 is 6.23. The van der Waals surface area contributed by atoms with E-state index in [-0.39, 0.29) is 11.8 Å². The fraction of sp³-hybridized carbons (Fsp3) is 0.667. The molecule has 1 fully saturated rings. The number of anilines is 2. The van der Waals surface area contributed by atoms with E-state index >= 15 is 0 Å². The first-order valence-electron chi connectivity index (χ1n) is 9.83. The number of aromatic nitrogens is 4. The maximum absolute atomic E-state index is 11.9. The van der Waals surface area contributed by atoms with E-state index in [0.29, 0.717) is 34.9 Å². The summed E-state index contributed by atoms with van der Waals surface area (Å²) in [6.07, 6.45) is 9.06. The zero-order valence-corrected chi connectivity index (χ0v) is 20.3. The van der Waals surface area contributed by atoms with Gasteiger partial charge in [0.2, 0.25) is 22.1 Å². The number of thioether (sulfide) groups is 2. The molecule has 1 aliphatic rings. The lowest BCUT2D eigenvalue weighted by atomic mass is 9.82. The largest absolute Gasteiger partial charge is 0.301 e. The van der Waals surface area contributed by atoms with Gasteiger partial charge in [-0.05, 0) is 31.8 Å². The van der Waals surface area contributed by atoms with Crippen LogP contribution in [0.4, 0.5) is 10.3 Å². The van der Waals surface area contributed by atoms with Crippen molar-refractivity contribution in [1.82, 2.24) is 20.4 Å². The topological polar surface area (TPSA) is 110 Å². The lowest BCUT2D eigenvalue weighted by Crippen LogP contribution is -2.13. The monoisotopic (exact) mass is 486 g/mol. The second-order valence-corrected chi connectivity index (χ2v) is 11.0. The van der Waals surface area contributed by atoms with E-state index < -0.39 is 0 Å². The highest BCUT2D eigenvalue weighted by Crippen LogP contribution is 2.43. The Kier molecular flexibility index (Phi) is 9.34. The number of carbonyl (C=O) groups is 2. The predicted molar refractivity (Wildman–Crippen MR) is 127 cm³/mol. The van der Waals surface area contributed by atoms with E-state index in [2.05, 4.69) is 31.0 Å². The van der Waals surface area contributed by atoms with Gasteiger partial charge in [0.1, 0.15) is 10.0 Å². The predicted octanol–water partition coefficient (Wildman–Crippen LogP) is 4.21. The molecule has 2 amide bonds. The van der Waals surface area contributed by atoms with Crippen molar-refractivity contribution in [2.45, 2.75) is 50.4 Å². The van der Waals surface area contributed by atoms with Crippen molar-refractivity contribution in [1.29, 1.82) is 0 Å². The Hall–Kier alpha value is -1.24. The average molecular weight is 487 g/mol. The molecule has 0 saturated heterocycles. The van der Waals surface area contributed by atoms with Crippen LogP contribution in [0.2, 0.25) is 0 Å². The van der Waals surface area contributed by atoms with Gasteiger partial charge in [0.05, 0.1) is 0 Å². The molecule has 1 saturated carbocycles. The van der Waals surface area contributed by atoms with Crippen molar-refractivity contribution in [3.05, 3.63) is 10.0 Å². The van der Waals surface area contributed by atoms with E-state index in [9.17, 15) is 9.59 Å². The third-order valence-electron chi connectivity index (χ3n) is 4.81. The third kappa shape index (κ3) is 6.89. The van der Waals surface area contributed by atoms with Gasteiger partial charge in [0.15, 0.2) is 0 Å². The van der Waals surface area contributed by atoms with E-state index in [1.54, 1.807) is 23.5 Å². The Morgan fingerprint density at radius 2 is 1.33 bits per heavy atom. The smallest absolute Gasteiger partial charge is 0.227 e. The summed E-state index contributed by atoms with van der Waals surface area (Å²) < 4.78 is 0. The van der Waals surface area contributed by atoms with Crippen LogP contribution in [-0.2, 0) is 9.59 Å². The van der Waals surface area contributed by atoms with Crippen LogP contribution in [0.3, 0.4) is 0 Å². The van der Waals surface area contributed by atoms with E-state index in [1.807, 2.05) is 12.5 Å². The van der Waals surface area contributed by atoms with Gasteiger partial charge < -0.3 is 10.6 Å². The zero-order valence-electron chi connectivity index (χ0n) is 17.0. The first-order valence-corrected chi connectivity index (χ1v) is 14.3. The van der Waals surface area contributed by atoms with Gasteiger partial charge in [-0.2, -0.15) is 23.5 Å². The first kappa shape index (κ1) is 23.4. The molecule has 164 valence electrons. The summed E-state index contributed by atoms with van der Waals surface area (Å²) in [4.78, 5) is 23.8. The van der Waals surface area contributed by atoms with Crippen molar-refractivity contribution in [2.24, 2.45) is 0 Å².